The van der Waals surface area contributed by atoms with Gasteiger partial charge in [0.25, 0.3) is 5.91 Å². The van der Waals surface area contributed by atoms with Gasteiger partial charge in [-0.25, -0.2) is 0 Å². The van der Waals surface area contributed by atoms with E-state index in [0.29, 0.717) is 12.3 Å². The fourth-order valence-corrected chi connectivity index (χ4v) is 3.25. The van der Waals surface area contributed by atoms with Crippen molar-refractivity contribution in [3.63, 3.8) is 0 Å². The Hall–Kier alpha value is -2.06. The van der Waals surface area contributed by atoms with Crippen LogP contribution in [0.1, 0.15) is 22.0 Å². The van der Waals surface area contributed by atoms with Crippen molar-refractivity contribution < 1.29 is 13.9 Å². The number of carbonyl (C=O) groups excluding carboxylic acids is 1. The molecule has 0 aliphatic carbocycles. The second-order valence-electron chi connectivity index (χ2n) is 5.71. The second kappa shape index (κ2) is 8.09. The maximum Gasteiger partial charge on any atom is 0.289 e. The Bertz CT molecular complexity index is 901. The van der Waals surface area contributed by atoms with E-state index in [1.165, 1.54) is 0 Å². The van der Waals surface area contributed by atoms with Crippen LogP contribution >= 0.6 is 31.9 Å². The van der Waals surface area contributed by atoms with Crippen molar-refractivity contribution in [3.8, 4) is 5.75 Å². The number of halogens is 2. The van der Waals surface area contributed by atoms with Crippen LogP contribution in [0.3, 0.4) is 0 Å². The summed E-state index contributed by atoms with van der Waals surface area (Å²) in [5, 5.41) is 4.15. The summed E-state index contributed by atoms with van der Waals surface area (Å²) in [5.74, 6) is 1.37. The van der Waals surface area contributed by atoms with Gasteiger partial charge in [-0.3, -0.25) is 9.48 Å². The number of benzene rings is 1. The van der Waals surface area contributed by atoms with Crippen molar-refractivity contribution in [2.45, 2.75) is 13.2 Å². The maximum absolute atomic E-state index is 12.6. The van der Waals surface area contributed by atoms with Crippen LogP contribution in [-0.2, 0) is 20.2 Å². The molecule has 0 aliphatic heterocycles. The van der Waals surface area contributed by atoms with E-state index in [-0.39, 0.29) is 18.3 Å². The average molecular weight is 483 g/mol. The zero-order chi connectivity index (χ0) is 18.7. The fourth-order valence-electron chi connectivity index (χ4n) is 2.38. The Morgan fingerprint density at radius 2 is 2.00 bits per heavy atom. The van der Waals surface area contributed by atoms with Gasteiger partial charge >= 0.3 is 0 Å². The number of nitrogens with zero attached hydrogens (tertiary/aromatic N) is 3. The molecule has 0 fully saturated rings. The number of aromatic nitrogens is 2. The molecular weight excluding hydrogens is 466 g/mol. The fraction of sp³-hybridized carbons (Fsp3) is 0.222. The van der Waals surface area contributed by atoms with Crippen molar-refractivity contribution in [1.82, 2.24) is 14.7 Å². The highest BCUT2D eigenvalue weighted by atomic mass is 79.9. The van der Waals surface area contributed by atoms with E-state index in [9.17, 15) is 4.79 Å². The minimum Gasteiger partial charge on any atom is -0.484 e. The molecule has 0 N–H and O–H groups in total. The molecule has 136 valence electrons. The summed E-state index contributed by atoms with van der Waals surface area (Å²) in [6.45, 7) is 0.659. The first-order valence-corrected chi connectivity index (χ1v) is 9.42. The number of ether oxygens (including phenoxy) is 1. The largest absolute Gasteiger partial charge is 0.484 e. The van der Waals surface area contributed by atoms with Gasteiger partial charge in [0, 0.05) is 14.1 Å². The van der Waals surface area contributed by atoms with Crippen LogP contribution < -0.4 is 4.74 Å². The molecule has 1 amide bonds. The summed E-state index contributed by atoms with van der Waals surface area (Å²) in [6, 6.07) is 11.0. The Labute approximate surface area is 168 Å². The predicted molar refractivity (Wildman–Crippen MR) is 104 cm³/mol. The molecule has 0 atom stereocenters. The summed E-state index contributed by atoms with van der Waals surface area (Å²) in [7, 11) is 3.56. The van der Waals surface area contributed by atoms with Gasteiger partial charge in [-0.15, -0.1) is 0 Å². The van der Waals surface area contributed by atoms with Crippen LogP contribution in [0.2, 0.25) is 0 Å². The molecule has 0 bridgehead atoms. The van der Waals surface area contributed by atoms with Crippen LogP contribution in [0.5, 0.6) is 5.75 Å². The molecule has 0 saturated heterocycles. The van der Waals surface area contributed by atoms with Gasteiger partial charge in [-0.1, -0.05) is 12.1 Å². The van der Waals surface area contributed by atoms with E-state index in [4.69, 9.17) is 9.15 Å². The molecule has 0 aliphatic rings. The summed E-state index contributed by atoms with van der Waals surface area (Å²) >= 11 is 6.87. The van der Waals surface area contributed by atoms with E-state index < -0.39 is 0 Å². The van der Waals surface area contributed by atoms with Crippen LogP contribution in [0, 0.1) is 0 Å². The summed E-state index contributed by atoms with van der Waals surface area (Å²) in [4.78, 5) is 14.2. The number of rotatable bonds is 6. The lowest BCUT2D eigenvalue weighted by molar-refractivity contribution is 0.0746. The topological polar surface area (TPSA) is 60.5 Å². The van der Waals surface area contributed by atoms with Crippen LogP contribution in [0.4, 0.5) is 0 Å². The van der Waals surface area contributed by atoms with Gasteiger partial charge in [0.15, 0.2) is 5.76 Å². The molecule has 8 heteroatoms. The molecule has 1 aromatic carbocycles. The number of para-hydroxylation sites is 1. The van der Waals surface area contributed by atoms with Gasteiger partial charge in [-0.05, 0) is 56.1 Å². The van der Waals surface area contributed by atoms with Crippen molar-refractivity contribution in [2.24, 2.45) is 7.05 Å². The molecule has 0 unspecified atom stereocenters. The van der Waals surface area contributed by atoms with Crippen LogP contribution in [0.15, 0.2) is 56.0 Å². The molecule has 0 saturated carbocycles. The maximum atomic E-state index is 12.6. The molecule has 26 heavy (non-hydrogen) atoms. The van der Waals surface area contributed by atoms with Gasteiger partial charge in [0.1, 0.15) is 18.1 Å². The monoisotopic (exact) mass is 481 g/mol. The molecule has 6 nitrogen and oxygen atoms in total. The molecule has 2 aromatic heterocycles. The number of hydrogen-bond donors (Lipinski definition) is 0. The highest BCUT2D eigenvalue weighted by Gasteiger charge is 2.19. The number of furan rings is 1. The van der Waals surface area contributed by atoms with Gasteiger partial charge in [0.2, 0.25) is 0 Å². The molecule has 3 aromatic rings. The van der Waals surface area contributed by atoms with Crippen molar-refractivity contribution in [2.75, 3.05) is 7.05 Å². The third kappa shape index (κ3) is 4.19. The van der Waals surface area contributed by atoms with Crippen LogP contribution in [0.25, 0.3) is 0 Å². The summed E-state index contributed by atoms with van der Waals surface area (Å²) < 4.78 is 14.8. The van der Waals surface area contributed by atoms with Crippen molar-refractivity contribution >= 4 is 37.8 Å². The van der Waals surface area contributed by atoms with E-state index in [1.54, 1.807) is 35.0 Å². The first-order valence-electron chi connectivity index (χ1n) is 7.83. The minimum atomic E-state index is -0.203. The predicted octanol–water partition coefficient (Wildman–Crippen LogP) is 4.39. The average Bonchev–Trinajstić information content (AvgIpc) is 3.22. The SMILES string of the molecule is CN(Cc1c(Br)cnn1C)C(=O)c1ccc(COc2ccccc2Br)o1. The number of aryl methyl sites for hydroxylation is 1. The number of amides is 1. The molecular formula is C18H17Br2N3O3. The molecule has 3 rings (SSSR count). The standard InChI is InChI=1S/C18H17Br2N3O3/c1-22(10-15-14(20)9-21-23(15)2)18(24)17-8-7-12(26-17)11-25-16-6-4-3-5-13(16)19/h3-9H,10-11H2,1-2H3. The van der Waals surface area contributed by atoms with Gasteiger partial charge in [0.05, 0.1) is 27.4 Å². The van der Waals surface area contributed by atoms with E-state index in [0.717, 1.165) is 20.4 Å². The number of carbonyl (C=O) groups is 1. The smallest absolute Gasteiger partial charge is 0.289 e. The Morgan fingerprint density at radius 1 is 1.23 bits per heavy atom. The van der Waals surface area contributed by atoms with E-state index in [1.807, 2.05) is 31.3 Å². The van der Waals surface area contributed by atoms with Gasteiger partial charge in [-0.2, -0.15) is 5.10 Å². The Kier molecular flexibility index (Phi) is 5.83. The minimum absolute atomic E-state index is 0.203. The highest BCUT2D eigenvalue weighted by Crippen LogP contribution is 2.25. The second-order valence-corrected chi connectivity index (χ2v) is 7.42. The zero-order valence-corrected chi connectivity index (χ0v) is 17.4. The van der Waals surface area contributed by atoms with Crippen LogP contribution in [-0.4, -0.2) is 27.6 Å². The summed E-state index contributed by atoms with van der Waals surface area (Å²) in [5.41, 5.74) is 0.907. The van der Waals surface area contributed by atoms with E-state index >= 15 is 0 Å². The first-order chi connectivity index (χ1) is 12.5. The third-order valence-corrected chi connectivity index (χ3v) is 5.14. The highest BCUT2D eigenvalue weighted by molar-refractivity contribution is 9.10. The van der Waals surface area contributed by atoms with E-state index in [2.05, 4.69) is 37.0 Å². The third-order valence-electron chi connectivity index (χ3n) is 3.82. The molecule has 0 spiro atoms. The summed E-state index contributed by atoms with van der Waals surface area (Å²) in [6.07, 6.45) is 1.71. The molecule has 2 heterocycles. The van der Waals surface area contributed by atoms with Gasteiger partial charge < -0.3 is 14.1 Å². The zero-order valence-electron chi connectivity index (χ0n) is 14.3. The lowest BCUT2D eigenvalue weighted by Gasteiger charge is -2.16. The lowest BCUT2D eigenvalue weighted by atomic mass is 10.3. The normalized spacial score (nSPS) is 10.8. The lowest BCUT2D eigenvalue weighted by Crippen LogP contribution is -2.27. The quantitative estimate of drug-likeness (QED) is 0.522. The first kappa shape index (κ1) is 18.7. The van der Waals surface area contributed by atoms with Crippen molar-refractivity contribution in [1.29, 1.82) is 0 Å². The Morgan fingerprint density at radius 3 is 2.69 bits per heavy atom. The Balaban J connectivity index is 1.63. The van der Waals surface area contributed by atoms with Crippen molar-refractivity contribution in [3.05, 3.63) is 68.8 Å². The molecule has 0 radical (unpaired) electrons. The number of hydrogen-bond acceptors (Lipinski definition) is 4.